The fourth-order valence-electron chi connectivity index (χ4n) is 1.31. The van der Waals surface area contributed by atoms with E-state index in [9.17, 15) is 0 Å². The van der Waals surface area contributed by atoms with Gasteiger partial charge in [0, 0.05) is 6.04 Å². The fraction of sp³-hybridized carbons (Fsp3) is 0.875. The first-order valence-corrected chi connectivity index (χ1v) is 4.32. The molecule has 0 bridgehead atoms. The summed E-state index contributed by atoms with van der Waals surface area (Å²) in [7, 11) is 0. The van der Waals surface area contributed by atoms with Gasteiger partial charge in [-0.15, -0.1) is 0 Å². The molecule has 1 heterocycles. The van der Waals surface area contributed by atoms with Gasteiger partial charge in [0.2, 0.25) is 0 Å². The molecule has 11 heavy (non-hydrogen) atoms. The highest BCUT2D eigenvalue weighted by Gasteiger charge is 2.20. The third-order valence-corrected chi connectivity index (χ3v) is 1.93. The van der Waals surface area contributed by atoms with Crippen LogP contribution in [0.15, 0.2) is 5.10 Å². The molecule has 0 aliphatic carbocycles. The average molecular weight is 155 g/mol. The van der Waals surface area contributed by atoms with E-state index in [-0.39, 0.29) is 0 Å². The largest absolute Gasteiger partial charge is 0.337 e. The van der Waals surface area contributed by atoms with Gasteiger partial charge in [-0.1, -0.05) is 13.3 Å². The van der Waals surface area contributed by atoms with E-state index >= 15 is 0 Å². The lowest BCUT2D eigenvalue weighted by Crippen LogP contribution is -2.40. The Hall–Kier alpha value is -0.730. The first-order valence-electron chi connectivity index (χ1n) is 4.32. The van der Waals surface area contributed by atoms with Crippen molar-refractivity contribution < 1.29 is 0 Å². The summed E-state index contributed by atoms with van der Waals surface area (Å²) >= 11 is 0. The molecule has 64 valence electrons. The van der Waals surface area contributed by atoms with E-state index in [1.807, 2.05) is 6.34 Å². The van der Waals surface area contributed by atoms with Crippen LogP contribution in [0.4, 0.5) is 0 Å². The zero-order valence-electron chi connectivity index (χ0n) is 7.54. The van der Waals surface area contributed by atoms with Gasteiger partial charge < -0.3 is 4.90 Å². The maximum atomic E-state index is 4.04. The highest BCUT2D eigenvalue weighted by atomic mass is 15.5. The molecule has 1 N–H and O–H groups in total. The molecule has 0 aromatic heterocycles. The van der Waals surface area contributed by atoms with Crippen molar-refractivity contribution in [3.63, 3.8) is 0 Å². The van der Waals surface area contributed by atoms with Crippen molar-refractivity contribution in [2.24, 2.45) is 5.10 Å². The molecule has 0 amide bonds. The second-order valence-electron chi connectivity index (χ2n) is 3.22. The molecule has 1 unspecified atom stereocenters. The summed E-state index contributed by atoms with van der Waals surface area (Å²) in [5.74, 6) is 0. The minimum absolute atomic E-state index is 0.431. The van der Waals surface area contributed by atoms with Crippen molar-refractivity contribution in [3.05, 3.63) is 0 Å². The predicted molar refractivity (Wildman–Crippen MR) is 47.3 cm³/mol. The van der Waals surface area contributed by atoms with Crippen LogP contribution in [0.2, 0.25) is 0 Å². The Balaban J connectivity index is 2.42. The van der Waals surface area contributed by atoms with Crippen molar-refractivity contribution in [1.29, 1.82) is 0 Å². The summed E-state index contributed by atoms with van der Waals surface area (Å²) in [6, 6.07) is 0.547. The zero-order chi connectivity index (χ0) is 8.27. The molecule has 1 atom stereocenters. The van der Waals surface area contributed by atoms with Crippen LogP contribution in [-0.2, 0) is 0 Å². The SMILES string of the molecule is CCCC1NN=CN1C(C)C. The van der Waals surface area contributed by atoms with Gasteiger partial charge in [0.1, 0.15) is 12.5 Å². The first-order chi connectivity index (χ1) is 5.25. The monoisotopic (exact) mass is 155 g/mol. The Kier molecular flexibility index (Phi) is 2.74. The lowest BCUT2D eigenvalue weighted by molar-refractivity contribution is 0.245. The maximum absolute atomic E-state index is 4.04. The number of nitrogens with one attached hydrogen (secondary N) is 1. The normalized spacial score (nSPS) is 22.9. The second-order valence-corrected chi connectivity index (χ2v) is 3.22. The van der Waals surface area contributed by atoms with Crippen LogP contribution in [0.1, 0.15) is 33.6 Å². The quantitative estimate of drug-likeness (QED) is 0.666. The highest BCUT2D eigenvalue weighted by molar-refractivity contribution is 5.57. The molecule has 0 fully saturated rings. The maximum Gasteiger partial charge on any atom is 0.116 e. The van der Waals surface area contributed by atoms with Gasteiger partial charge in [-0.05, 0) is 20.3 Å². The molecule has 1 aliphatic heterocycles. The van der Waals surface area contributed by atoms with E-state index < -0.39 is 0 Å². The molecule has 0 radical (unpaired) electrons. The van der Waals surface area contributed by atoms with Gasteiger partial charge in [-0.2, -0.15) is 5.10 Å². The summed E-state index contributed by atoms with van der Waals surface area (Å²) < 4.78 is 0. The van der Waals surface area contributed by atoms with Gasteiger partial charge in [0.25, 0.3) is 0 Å². The molecule has 0 saturated carbocycles. The van der Waals surface area contributed by atoms with Crippen molar-refractivity contribution in [3.8, 4) is 0 Å². The summed E-state index contributed by atoms with van der Waals surface area (Å²) in [6.45, 7) is 6.56. The van der Waals surface area contributed by atoms with Gasteiger partial charge in [0.15, 0.2) is 0 Å². The third-order valence-electron chi connectivity index (χ3n) is 1.93. The molecule has 0 aromatic rings. The lowest BCUT2D eigenvalue weighted by Gasteiger charge is -2.26. The molecule has 0 saturated heterocycles. The van der Waals surface area contributed by atoms with E-state index in [2.05, 4.69) is 36.2 Å². The Morgan fingerprint density at radius 2 is 2.36 bits per heavy atom. The Morgan fingerprint density at radius 3 is 2.91 bits per heavy atom. The number of rotatable bonds is 3. The van der Waals surface area contributed by atoms with Crippen LogP contribution in [0.3, 0.4) is 0 Å². The van der Waals surface area contributed by atoms with Crippen molar-refractivity contribution >= 4 is 6.34 Å². The van der Waals surface area contributed by atoms with Gasteiger partial charge in [-0.3, -0.25) is 5.43 Å². The van der Waals surface area contributed by atoms with Gasteiger partial charge >= 0.3 is 0 Å². The molecule has 1 aliphatic rings. The predicted octanol–water partition coefficient (Wildman–Crippen LogP) is 1.37. The molecule has 0 aromatic carbocycles. The van der Waals surface area contributed by atoms with Crippen molar-refractivity contribution in [2.75, 3.05) is 0 Å². The van der Waals surface area contributed by atoms with Crippen LogP contribution in [0.25, 0.3) is 0 Å². The van der Waals surface area contributed by atoms with Crippen LogP contribution in [0, 0.1) is 0 Å². The van der Waals surface area contributed by atoms with E-state index in [1.165, 1.54) is 6.42 Å². The number of hydrazone groups is 1. The third kappa shape index (κ3) is 1.85. The molecular formula is C8H17N3. The topological polar surface area (TPSA) is 27.6 Å². The number of hydrogen-bond donors (Lipinski definition) is 1. The fourth-order valence-corrected chi connectivity index (χ4v) is 1.31. The van der Waals surface area contributed by atoms with E-state index in [0.29, 0.717) is 12.2 Å². The molecule has 3 nitrogen and oxygen atoms in total. The minimum Gasteiger partial charge on any atom is -0.337 e. The molecular weight excluding hydrogens is 138 g/mol. The Labute approximate surface area is 68.5 Å². The number of nitrogens with zero attached hydrogens (tertiary/aromatic N) is 2. The summed E-state index contributed by atoms with van der Waals surface area (Å²) in [5.41, 5.74) is 3.08. The number of hydrogen-bond acceptors (Lipinski definition) is 3. The zero-order valence-corrected chi connectivity index (χ0v) is 7.54. The van der Waals surface area contributed by atoms with Crippen LogP contribution >= 0.6 is 0 Å². The van der Waals surface area contributed by atoms with E-state index in [1.54, 1.807) is 0 Å². The van der Waals surface area contributed by atoms with Gasteiger partial charge in [0.05, 0.1) is 0 Å². The molecule has 1 rings (SSSR count). The smallest absolute Gasteiger partial charge is 0.116 e. The standard InChI is InChI=1S/C8H17N3/c1-4-5-8-10-9-6-11(8)7(2)3/h6-8,10H,4-5H2,1-3H3. The Bertz CT molecular complexity index is 142. The van der Waals surface area contributed by atoms with Crippen molar-refractivity contribution in [1.82, 2.24) is 10.3 Å². The second kappa shape index (κ2) is 3.60. The van der Waals surface area contributed by atoms with Gasteiger partial charge in [-0.25, -0.2) is 0 Å². The summed E-state index contributed by atoms with van der Waals surface area (Å²) in [6.07, 6.45) is 4.69. The van der Waals surface area contributed by atoms with Crippen molar-refractivity contribution in [2.45, 2.75) is 45.8 Å². The highest BCUT2D eigenvalue weighted by Crippen LogP contribution is 2.09. The Morgan fingerprint density at radius 1 is 1.64 bits per heavy atom. The van der Waals surface area contributed by atoms with Crippen LogP contribution in [-0.4, -0.2) is 23.4 Å². The first kappa shape index (κ1) is 8.37. The van der Waals surface area contributed by atoms with Crippen LogP contribution < -0.4 is 5.43 Å². The van der Waals surface area contributed by atoms with Crippen LogP contribution in [0.5, 0.6) is 0 Å². The summed E-state index contributed by atoms with van der Waals surface area (Å²) in [4.78, 5) is 2.25. The molecule has 3 heteroatoms. The molecule has 0 spiro atoms. The minimum atomic E-state index is 0.431. The van der Waals surface area contributed by atoms with E-state index in [0.717, 1.165) is 6.42 Å². The average Bonchev–Trinajstić information content (AvgIpc) is 2.36. The summed E-state index contributed by atoms with van der Waals surface area (Å²) in [5, 5.41) is 4.04. The van der Waals surface area contributed by atoms with E-state index in [4.69, 9.17) is 0 Å². The lowest BCUT2D eigenvalue weighted by atomic mass is 10.2.